The molecule has 3 N–H and O–H groups in total. The van der Waals surface area contributed by atoms with E-state index in [1.165, 1.54) is 11.5 Å². The van der Waals surface area contributed by atoms with E-state index in [-0.39, 0.29) is 5.56 Å². The molecule has 0 aliphatic carbocycles. The molecule has 8 heteroatoms. The number of halogens is 2. The van der Waals surface area contributed by atoms with Gasteiger partial charge in [-0.1, -0.05) is 35.9 Å². The van der Waals surface area contributed by atoms with E-state index in [1.807, 2.05) is 24.3 Å². The van der Waals surface area contributed by atoms with Crippen LogP contribution in [0.25, 0.3) is 32.9 Å². The van der Waals surface area contributed by atoms with Gasteiger partial charge in [-0.2, -0.15) is 4.37 Å². The number of hydrogen-bond donors (Lipinski definition) is 2. The van der Waals surface area contributed by atoms with Crippen LogP contribution in [-0.2, 0) is 0 Å². The highest BCUT2D eigenvalue weighted by atomic mass is 35.5. The van der Waals surface area contributed by atoms with Crippen molar-refractivity contribution in [3.63, 3.8) is 0 Å². The van der Waals surface area contributed by atoms with E-state index < -0.39 is 5.82 Å². The summed E-state index contributed by atoms with van der Waals surface area (Å²) in [6.45, 7) is 3.51. The van der Waals surface area contributed by atoms with Crippen molar-refractivity contribution in [2.24, 2.45) is 0 Å². The lowest BCUT2D eigenvalue weighted by Gasteiger charge is -2.28. The van der Waals surface area contributed by atoms with Crippen LogP contribution in [0.4, 0.5) is 15.2 Å². The molecule has 0 spiro atoms. The number of nitrogens with zero attached hydrogens (tertiary/aromatic N) is 3. The first-order valence-electron chi connectivity index (χ1n) is 9.02. The van der Waals surface area contributed by atoms with E-state index in [1.54, 1.807) is 12.1 Å². The average Bonchev–Trinajstić information content (AvgIpc) is 3.12. The molecule has 0 bridgehead atoms. The summed E-state index contributed by atoms with van der Waals surface area (Å²) in [5, 5.41) is 7.02. The van der Waals surface area contributed by atoms with E-state index in [0.29, 0.717) is 22.1 Å². The summed E-state index contributed by atoms with van der Waals surface area (Å²) in [6.07, 6.45) is 0. The fourth-order valence-corrected chi connectivity index (χ4v) is 4.91. The zero-order valence-electron chi connectivity index (χ0n) is 14.9. The fourth-order valence-electron chi connectivity index (χ4n) is 3.72. The van der Waals surface area contributed by atoms with Gasteiger partial charge < -0.3 is 16.0 Å². The Bertz CT molecular complexity index is 1200. The molecule has 142 valence electrons. The Morgan fingerprint density at radius 2 is 1.93 bits per heavy atom. The number of anilines is 2. The molecule has 1 aliphatic heterocycles. The normalized spacial score (nSPS) is 14.9. The average molecular weight is 414 g/mol. The van der Waals surface area contributed by atoms with Crippen LogP contribution in [0.15, 0.2) is 36.4 Å². The van der Waals surface area contributed by atoms with Gasteiger partial charge in [0, 0.05) is 37.0 Å². The molecule has 0 amide bonds. The molecule has 28 heavy (non-hydrogen) atoms. The highest BCUT2D eigenvalue weighted by Gasteiger charge is 2.24. The monoisotopic (exact) mass is 413 g/mol. The van der Waals surface area contributed by atoms with Gasteiger partial charge in [0.25, 0.3) is 0 Å². The first-order valence-corrected chi connectivity index (χ1v) is 10.2. The van der Waals surface area contributed by atoms with Crippen LogP contribution >= 0.6 is 23.1 Å². The Balaban J connectivity index is 1.74. The summed E-state index contributed by atoms with van der Waals surface area (Å²) >= 11 is 7.90. The molecule has 0 atom stereocenters. The van der Waals surface area contributed by atoms with E-state index in [2.05, 4.69) is 19.6 Å². The molecule has 2 aromatic heterocycles. The zero-order chi connectivity index (χ0) is 19.3. The van der Waals surface area contributed by atoms with Gasteiger partial charge >= 0.3 is 0 Å². The molecule has 2 aromatic carbocycles. The summed E-state index contributed by atoms with van der Waals surface area (Å²) in [5.41, 5.74) is 6.99. The van der Waals surface area contributed by atoms with Crippen molar-refractivity contribution in [1.82, 2.24) is 14.7 Å². The molecule has 4 aromatic rings. The minimum Gasteiger partial charge on any atom is -0.384 e. The van der Waals surface area contributed by atoms with Gasteiger partial charge in [0.05, 0.1) is 16.3 Å². The number of pyridine rings is 1. The molecule has 5 rings (SSSR count). The van der Waals surface area contributed by atoms with E-state index in [0.717, 1.165) is 47.3 Å². The summed E-state index contributed by atoms with van der Waals surface area (Å²) in [7, 11) is 0. The van der Waals surface area contributed by atoms with Gasteiger partial charge in [-0.15, -0.1) is 0 Å². The molecule has 0 unspecified atom stereocenters. The number of fused-ring (bicyclic) bond motifs is 2. The Hall–Kier alpha value is -2.48. The number of nitrogens with one attached hydrogen (secondary N) is 1. The lowest BCUT2D eigenvalue weighted by Crippen LogP contribution is -2.43. The van der Waals surface area contributed by atoms with Crippen molar-refractivity contribution in [2.75, 3.05) is 36.8 Å². The maximum absolute atomic E-state index is 15.6. The predicted octanol–water partition coefficient (Wildman–Crippen LogP) is 4.30. The number of piperazine rings is 1. The summed E-state index contributed by atoms with van der Waals surface area (Å²) in [5.74, 6) is -0.132. The van der Waals surface area contributed by atoms with Gasteiger partial charge in [0.2, 0.25) is 0 Å². The second-order valence-corrected chi connectivity index (χ2v) is 7.94. The Labute approximate surface area is 170 Å². The van der Waals surface area contributed by atoms with Crippen LogP contribution in [0.1, 0.15) is 0 Å². The number of benzene rings is 2. The lowest BCUT2D eigenvalue weighted by atomic mass is 10.0. The number of nitrogen functional groups attached to an aromatic ring is 1. The number of hydrogen-bond acceptors (Lipinski definition) is 6. The first-order chi connectivity index (χ1) is 13.6. The molecule has 0 saturated carbocycles. The largest absolute Gasteiger partial charge is 0.384 e. The molecule has 1 aliphatic rings. The van der Waals surface area contributed by atoms with Gasteiger partial charge in [0.15, 0.2) is 5.82 Å². The molecule has 0 radical (unpaired) electrons. The topological polar surface area (TPSA) is 67.1 Å². The van der Waals surface area contributed by atoms with E-state index in [4.69, 9.17) is 17.3 Å². The highest BCUT2D eigenvalue weighted by molar-refractivity contribution is 7.11. The van der Waals surface area contributed by atoms with Crippen LogP contribution in [0.3, 0.4) is 0 Å². The van der Waals surface area contributed by atoms with Gasteiger partial charge in [-0.25, -0.2) is 9.37 Å². The number of nitrogens with two attached hydrogens (primary N) is 1. The van der Waals surface area contributed by atoms with Crippen molar-refractivity contribution in [1.29, 1.82) is 0 Å². The number of aromatic nitrogens is 2. The Morgan fingerprint density at radius 3 is 2.75 bits per heavy atom. The quantitative estimate of drug-likeness (QED) is 0.513. The molecular weight excluding hydrogens is 397 g/mol. The second-order valence-electron chi connectivity index (χ2n) is 6.79. The SMILES string of the molecule is Nc1cc2ccccc2c(-c2c(Cl)cc3c(N4CCNCC4)snc3c2F)n1. The minimum atomic E-state index is -0.455. The summed E-state index contributed by atoms with van der Waals surface area (Å²) in [6, 6.07) is 11.2. The molecule has 5 nitrogen and oxygen atoms in total. The fraction of sp³-hybridized carbons (Fsp3) is 0.200. The minimum absolute atomic E-state index is 0.245. The van der Waals surface area contributed by atoms with Gasteiger partial charge in [-0.05, 0) is 29.1 Å². The van der Waals surface area contributed by atoms with Crippen molar-refractivity contribution >= 4 is 55.6 Å². The van der Waals surface area contributed by atoms with Crippen LogP contribution in [-0.4, -0.2) is 35.5 Å². The van der Waals surface area contributed by atoms with E-state index >= 15 is 4.39 Å². The standard InChI is InChI=1S/C20H17ClFN5S/c21-14-10-13-19(26-28-20(13)27-7-5-24-6-8-27)17(22)16(14)18-12-4-2-1-3-11(12)9-15(23)25-18/h1-4,9-10,24H,5-8H2,(H2,23,25). The zero-order valence-corrected chi connectivity index (χ0v) is 16.4. The van der Waals surface area contributed by atoms with Crippen LogP contribution in [0, 0.1) is 5.82 Å². The first kappa shape index (κ1) is 17.6. The second kappa shape index (κ2) is 6.84. The molecule has 3 heterocycles. The van der Waals surface area contributed by atoms with Crippen LogP contribution in [0.2, 0.25) is 5.02 Å². The Morgan fingerprint density at radius 1 is 1.14 bits per heavy atom. The predicted molar refractivity (Wildman–Crippen MR) is 115 cm³/mol. The maximum atomic E-state index is 15.6. The molecular formula is C20H17ClFN5S. The summed E-state index contributed by atoms with van der Waals surface area (Å²) in [4.78, 5) is 6.63. The van der Waals surface area contributed by atoms with Crippen LogP contribution in [0.5, 0.6) is 0 Å². The third-order valence-corrected chi connectivity index (χ3v) is 6.27. The summed E-state index contributed by atoms with van der Waals surface area (Å²) < 4.78 is 20.0. The Kier molecular flexibility index (Phi) is 4.30. The van der Waals surface area contributed by atoms with E-state index in [9.17, 15) is 0 Å². The van der Waals surface area contributed by atoms with Crippen molar-refractivity contribution in [2.45, 2.75) is 0 Å². The van der Waals surface area contributed by atoms with Crippen molar-refractivity contribution in [3.05, 3.63) is 47.2 Å². The molecule has 1 saturated heterocycles. The van der Waals surface area contributed by atoms with Crippen molar-refractivity contribution < 1.29 is 4.39 Å². The third kappa shape index (κ3) is 2.78. The van der Waals surface area contributed by atoms with Crippen molar-refractivity contribution in [3.8, 4) is 11.3 Å². The third-order valence-electron chi connectivity index (χ3n) is 5.05. The smallest absolute Gasteiger partial charge is 0.161 e. The van der Waals surface area contributed by atoms with Crippen LogP contribution < -0.4 is 16.0 Å². The molecule has 1 fully saturated rings. The van der Waals surface area contributed by atoms with Gasteiger partial charge in [-0.3, -0.25) is 0 Å². The lowest BCUT2D eigenvalue weighted by molar-refractivity contribution is 0.592. The number of rotatable bonds is 2. The highest BCUT2D eigenvalue weighted by Crippen LogP contribution is 2.42. The maximum Gasteiger partial charge on any atom is 0.161 e. The van der Waals surface area contributed by atoms with Gasteiger partial charge in [0.1, 0.15) is 16.3 Å².